The van der Waals surface area contributed by atoms with Crippen LogP contribution in [0.3, 0.4) is 0 Å². The Kier molecular flexibility index (Phi) is 6.89. The summed E-state index contributed by atoms with van der Waals surface area (Å²) in [4.78, 5) is 29.3. The first kappa shape index (κ1) is 21.1. The van der Waals surface area contributed by atoms with Gasteiger partial charge in [0.05, 0.1) is 12.1 Å². The molecule has 0 aliphatic carbocycles. The Balaban J connectivity index is 1.39. The van der Waals surface area contributed by atoms with Gasteiger partial charge in [-0.15, -0.1) is 0 Å². The van der Waals surface area contributed by atoms with E-state index in [2.05, 4.69) is 45.7 Å². The summed E-state index contributed by atoms with van der Waals surface area (Å²) in [5.74, 6) is -1.13. The molecule has 164 valence electrons. The second-order valence-electron chi connectivity index (χ2n) is 8.73. The molecule has 2 amide bonds. The Morgan fingerprint density at radius 1 is 1.10 bits per heavy atom. The highest BCUT2D eigenvalue weighted by atomic mass is 16.5. The lowest BCUT2D eigenvalue weighted by atomic mass is 9.96. The zero-order chi connectivity index (χ0) is 20.9. The van der Waals surface area contributed by atoms with E-state index < -0.39 is 11.8 Å². The monoisotopic (exact) mass is 414 g/mol. The van der Waals surface area contributed by atoms with Crippen LogP contribution < -0.4 is 15.5 Å². The molecule has 2 atom stereocenters. The van der Waals surface area contributed by atoms with Gasteiger partial charge in [-0.25, -0.2) is 0 Å². The summed E-state index contributed by atoms with van der Waals surface area (Å²) in [6.45, 7) is 4.74. The minimum absolute atomic E-state index is 0.0349. The molecule has 0 saturated carbocycles. The van der Waals surface area contributed by atoms with E-state index in [9.17, 15) is 9.59 Å². The van der Waals surface area contributed by atoms with E-state index >= 15 is 0 Å². The second kappa shape index (κ2) is 9.79. The molecule has 0 bridgehead atoms. The summed E-state index contributed by atoms with van der Waals surface area (Å²) >= 11 is 0. The fourth-order valence-electron chi connectivity index (χ4n) is 4.89. The number of nitrogens with zero attached hydrogens (tertiary/aromatic N) is 2. The van der Waals surface area contributed by atoms with Gasteiger partial charge >= 0.3 is 11.8 Å². The number of carbonyl (C=O) groups is 2. The van der Waals surface area contributed by atoms with E-state index in [4.69, 9.17) is 4.74 Å². The molecule has 7 heteroatoms. The number of rotatable bonds is 6. The second-order valence-corrected chi connectivity index (χ2v) is 8.73. The van der Waals surface area contributed by atoms with Gasteiger partial charge in [0.15, 0.2) is 0 Å². The number of amides is 2. The van der Waals surface area contributed by atoms with Crippen LogP contribution in [0, 0.1) is 0 Å². The average Bonchev–Trinajstić information content (AvgIpc) is 3.46. The Bertz CT molecular complexity index is 757. The van der Waals surface area contributed by atoms with Gasteiger partial charge < -0.3 is 20.3 Å². The molecule has 0 spiro atoms. The number of likely N-dealkylation sites (tertiary alicyclic amines) is 1. The van der Waals surface area contributed by atoms with Gasteiger partial charge in [0.2, 0.25) is 0 Å². The minimum Gasteiger partial charge on any atom is -0.376 e. The number of carbonyl (C=O) groups excluding carboxylic acids is 2. The summed E-state index contributed by atoms with van der Waals surface area (Å²) < 4.78 is 5.50. The number of fused-ring (bicyclic) bond motifs is 1. The zero-order valence-electron chi connectivity index (χ0n) is 18.0. The number of hydrogen-bond acceptors (Lipinski definition) is 5. The zero-order valence-corrected chi connectivity index (χ0v) is 18.0. The molecule has 2 saturated heterocycles. The van der Waals surface area contributed by atoms with E-state index in [0.29, 0.717) is 13.1 Å². The maximum Gasteiger partial charge on any atom is 0.309 e. The molecule has 3 aliphatic rings. The van der Waals surface area contributed by atoms with Crippen molar-refractivity contribution in [3.63, 3.8) is 0 Å². The van der Waals surface area contributed by atoms with Crippen molar-refractivity contribution in [2.24, 2.45) is 0 Å². The van der Waals surface area contributed by atoms with Gasteiger partial charge in [0, 0.05) is 39.0 Å². The van der Waals surface area contributed by atoms with Gasteiger partial charge in [0.25, 0.3) is 0 Å². The van der Waals surface area contributed by atoms with E-state index in [1.165, 1.54) is 36.1 Å². The molecular formula is C23H34N4O3. The average molecular weight is 415 g/mol. The van der Waals surface area contributed by atoms with Crippen molar-refractivity contribution in [2.45, 2.75) is 50.7 Å². The third kappa shape index (κ3) is 4.95. The van der Waals surface area contributed by atoms with Crippen LogP contribution in [0.5, 0.6) is 0 Å². The third-order valence-corrected chi connectivity index (χ3v) is 6.60. The van der Waals surface area contributed by atoms with Crippen LogP contribution in [-0.4, -0.2) is 69.2 Å². The summed E-state index contributed by atoms with van der Waals surface area (Å²) in [5.41, 5.74) is 3.92. The van der Waals surface area contributed by atoms with Crippen molar-refractivity contribution in [2.75, 3.05) is 51.3 Å². The molecule has 0 unspecified atom stereocenters. The van der Waals surface area contributed by atoms with Gasteiger partial charge in [0.1, 0.15) is 0 Å². The van der Waals surface area contributed by atoms with Crippen LogP contribution in [0.15, 0.2) is 18.2 Å². The predicted molar refractivity (Wildman–Crippen MR) is 117 cm³/mol. The Morgan fingerprint density at radius 3 is 2.67 bits per heavy atom. The van der Waals surface area contributed by atoms with E-state index in [1.807, 2.05) is 0 Å². The van der Waals surface area contributed by atoms with Crippen LogP contribution in [0.4, 0.5) is 5.69 Å². The maximum absolute atomic E-state index is 12.4. The lowest BCUT2D eigenvalue weighted by Crippen LogP contribution is -2.45. The summed E-state index contributed by atoms with van der Waals surface area (Å²) in [7, 11) is 2.14. The normalized spacial score (nSPS) is 22.6. The molecular weight excluding hydrogens is 380 g/mol. The Labute approximate surface area is 179 Å². The van der Waals surface area contributed by atoms with Crippen molar-refractivity contribution < 1.29 is 14.3 Å². The smallest absolute Gasteiger partial charge is 0.309 e. The lowest BCUT2D eigenvalue weighted by Gasteiger charge is -2.31. The number of hydrogen-bond donors (Lipinski definition) is 2. The molecule has 2 fully saturated rings. The van der Waals surface area contributed by atoms with Crippen molar-refractivity contribution in [1.29, 1.82) is 0 Å². The maximum atomic E-state index is 12.4. The predicted octanol–water partition coefficient (Wildman–Crippen LogP) is 1.62. The molecule has 2 N–H and O–H groups in total. The fraction of sp³-hybridized carbons (Fsp3) is 0.652. The number of nitrogens with one attached hydrogen (secondary N) is 2. The van der Waals surface area contributed by atoms with Gasteiger partial charge in [-0.05, 0) is 68.8 Å². The first-order chi connectivity index (χ1) is 14.6. The van der Waals surface area contributed by atoms with Crippen LogP contribution in [0.1, 0.15) is 49.3 Å². The molecule has 3 aliphatic heterocycles. The van der Waals surface area contributed by atoms with Gasteiger partial charge in [-0.3, -0.25) is 14.5 Å². The van der Waals surface area contributed by atoms with E-state index in [1.54, 1.807) is 0 Å². The topological polar surface area (TPSA) is 73.9 Å². The third-order valence-electron chi connectivity index (χ3n) is 6.60. The molecule has 0 aromatic heterocycles. The number of ether oxygens (including phenoxy) is 1. The molecule has 0 radical (unpaired) electrons. The van der Waals surface area contributed by atoms with Gasteiger partial charge in [-0.1, -0.05) is 12.1 Å². The first-order valence-electron chi connectivity index (χ1n) is 11.4. The highest BCUT2D eigenvalue weighted by Crippen LogP contribution is 2.31. The van der Waals surface area contributed by atoms with Crippen LogP contribution >= 0.6 is 0 Å². The highest BCUT2D eigenvalue weighted by molar-refractivity contribution is 6.35. The van der Waals surface area contributed by atoms with Crippen LogP contribution in [0.2, 0.25) is 0 Å². The standard InChI is InChI=1S/C23H34N4O3/c1-26-10-4-6-17-14-18(8-9-20(17)26)21(27-11-2-3-12-27)16-25-23(29)22(28)24-15-19-7-5-13-30-19/h8-9,14,19,21H,2-7,10-13,15-16H2,1H3,(H,24,28)(H,25,29)/t19-,21-/m1/s1. The fourth-order valence-corrected chi connectivity index (χ4v) is 4.89. The lowest BCUT2D eigenvalue weighted by molar-refractivity contribution is -0.139. The molecule has 1 aromatic rings. The van der Waals surface area contributed by atoms with Crippen molar-refractivity contribution in [1.82, 2.24) is 15.5 Å². The Morgan fingerprint density at radius 2 is 1.90 bits per heavy atom. The summed E-state index contributed by atoms with van der Waals surface area (Å²) in [6.07, 6.45) is 6.61. The molecule has 1 aromatic carbocycles. The quantitative estimate of drug-likeness (QED) is 0.692. The summed E-state index contributed by atoms with van der Waals surface area (Å²) in [5, 5.41) is 5.59. The van der Waals surface area contributed by atoms with Crippen LogP contribution in [-0.2, 0) is 20.7 Å². The number of anilines is 1. The number of benzene rings is 1. The first-order valence-corrected chi connectivity index (χ1v) is 11.4. The van der Waals surface area contributed by atoms with E-state index in [0.717, 1.165) is 45.5 Å². The molecule has 30 heavy (non-hydrogen) atoms. The molecule has 4 rings (SSSR count). The summed E-state index contributed by atoms with van der Waals surface area (Å²) in [6, 6.07) is 6.80. The highest BCUT2D eigenvalue weighted by Gasteiger charge is 2.27. The van der Waals surface area contributed by atoms with Crippen LogP contribution in [0.25, 0.3) is 0 Å². The molecule has 3 heterocycles. The van der Waals surface area contributed by atoms with Crippen molar-refractivity contribution >= 4 is 17.5 Å². The van der Waals surface area contributed by atoms with E-state index in [-0.39, 0.29) is 12.1 Å². The van der Waals surface area contributed by atoms with Gasteiger partial charge in [-0.2, -0.15) is 0 Å². The van der Waals surface area contributed by atoms with Crippen molar-refractivity contribution in [3.8, 4) is 0 Å². The molecule has 7 nitrogen and oxygen atoms in total. The van der Waals surface area contributed by atoms with Crippen molar-refractivity contribution in [3.05, 3.63) is 29.3 Å². The largest absolute Gasteiger partial charge is 0.376 e. The number of aryl methyl sites for hydroxylation is 1. The SMILES string of the molecule is CN1CCCc2cc([C@@H](CNC(=O)C(=O)NC[C@H]3CCCO3)N3CCCC3)ccc21. The Hall–Kier alpha value is -2.12. The minimum atomic E-state index is -0.572.